The van der Waals surface area contributed by atoms with Crippen LogP contribution in [0.25, 0.3) is 0 Å². The summed E-state index contributed by atoms with van der Waals surface area (Å²) < 4.78 is 82.5. The van der Waals surface area contributed by atoms with Gasteiger partial charge in [0, 0.05) is 32.4 Å². The number of unbranched alkanes of at least 4 members (excludes halogenated alkanes) is 3. The van der Waals surface area contributed by atoms with Crippen molar-refractivity contribution in [3.05, 3.63) is 34.6 Å². The zero-order valence-electron chi connectivity index (χ0n) is 14.6. The molecule has 0 aliphatic heterocycles. The lowest BCUT2D eigenvalue weighted by Crippen LogP contribution is -2.43. The van der Waals surface area contributed by atoms with Crippen LogP contribution in [0.1, 0.15) is 38.2 Å². The second-order valence-electron chi connectivity index (χ2n) is 5.49. The number of rotatable bonds is 11. The molecule has 144 valence electrons. The molecular formula is C16H23F5O3Si. The zero-order chi connectivity index (χ0) is 19.0. The van der Waals surface area contributed by atoms with Crippen molar-refractivity contribution in [1.82, 2.24) is 0 Å². The average Bonchev–Trinajstić information content (AvgIpc) is 2.62. The van der Waals surface area contributed by atoms with Crippen molar-refractivity contribution in [2.75, 3.05) is 20.8 Å². The van der Waals surface area contributed by atoms with E-state index in [1.807, 2.05) is 6.92 Å². The second kappa shape index (κ2) is 10.2. The van der Waals surface area contributed by atoms with Crippen LogP contribution < -0.4 is 0 Å². The Balaban J connectivity index is 2.50. The maximum Gasteiger partial charge on any atom is 0.500 e. The number of benzene rings is 1. The van der Waals surface area contributed by atoms with E-state index in [1.54, 1.807) is 0 Å². The standard InChI is InChI=1S/C16H23F5O3Si/c1-4-24-25(22-2,23-3)10-8-6-5-7-9-11-12(17)14(19)16(21)15(20)13(11)18/h4-10H2,1-3H3. The van der Waals surface area contributed by atoms with Gasteiger partial charge in [-0.2, -0.15) is 0 Å². The summed E-state index contributed by atoms with van der Waals surface area (Å²) in [6.45, 7) is 2.30. The number of hydrogen-bond donors (Lipinski definition) is 0. The van der Waals surface area contributed by atoms with E-state index in [9.17, 15) is 22.0 Å². The van der Waals surface area contributed by atoms with Crippen LogP contribution in [0.5, 0.6) is 0 Å². The molecule has 0 bridgehead atoms. The highest BCUT2D eigenvalue weighted by molar-refractivity contribution is 6.60. The smallest absolute Gasteiger partial charge is 0.377 e. The fraction of sp³-hybridized carbons (Fsp3) is 0.625. The maximum atomic E-state index is 13.5. The normalized spacial score (nSPS) is 12.0. The lowest BCUT2D eigenvalue weighted by atomic mass is 10.0. The minimum Gasteiger partial charge on any atom is -0.377 e. The molecule has 25 heavy (non-hydrogen) atoms. The number of halogens is 5. The number of hydrogen-bond acceptors (Lipinski definition) is 3. The molecule has 0 saturated carbocycles. The molecule has 0 unspecified atom stereocenters. The van der Waals surface area contributed by atoms with Crippen LogP contribution in [-0.2, 0) is 19.7 Å². The largest absolute Gasteiger partial charge is 0.500 e. The Morgan fingerprint density at radius 2 is 1.20 bits per heavy atom. The molecule has 0 aliphatic rings. The summed E-state index contributed by atoms with van der Waals surface area (Å²) in [7, 11) is 0.377. The summed E-state index contributed by atoms with van der Waals surface area (Å²) in [6.07, 6.45) is 2.08. The van der Waals surface area contributed by atoms with Crippen molar-refractivity contribution in [2.24, 2.45) is 0 Å². The molecule has 0 fully saturated rings. The van der Waals surface area contributed by atoms with Gasteiger partial charge in [0.25, 0.3) is 0 Å². The van der Waals surface area contributed by atoms with Gasteiger partial charge in [-0.05, 0) is 26.2 Å². The molecule has 1 rings (SSSR count). The molecule has 0 amide bonds. The second-order valence-corrected chi connectivity index (χ2v) is 8.46. The van der Waals surface area contributed by atoms with Gasteiger partial charge >= 0.3 is 8.80 Å². The SMILES string of the molecule is CCO[Si](CCCCCCc1c(F)c(F)c(F)c(F)c1F)(OC)OC. The van der Waals surface area contributed by atoms with Gasteiger partial charge in [-0.15, -0.1) is 0 Å². The van der Waals surface area contributed by atoms with Gasteiger partial charge < -0.3 is 13.3 Å². The Kier molecular flexibility index (Phi) is 8.98. The molecule has 0 spiro atoms. The molecule has 0 aromatic heterocycles. The highest BCUT2D eigenvalue weighted by atomic mass is 28.4. The van der Waals surface area contributed by atoms with E-state index in [2.05, 4.69) is 0 Å². The van der Waals surface area contributed by atoms with Crippen LogP contribution in [0, 0.1) is 29.1 Å². The highest BCUT2D eigenvalue weighted by Crippen LogP contribution is 2.25. The van der Waals surface area contributed by atoms with E-state index >= 15 is 0 Å². The summed E-state index contributed by atoms with van der Waals surface area (Å²) in [5, 5.41) is 0. The molecule has 9 heteroatoms. The van der Waals surface area contributed by atoms with Crippen molar-refractivity contribution in [1.29, 1.82) is 0 Å². The molecule has 0 aliphatic carbocycles. The van der Waals surface area contributed by atoms with Crippen LogP contribution in [0.3, 0.4) is 0 Å². The molecular weight excluding hydrogens is 363 g/mol. The Bertz CT molecular complexity index is 538. The lowest BCUT2D eigenvalue weighted by Gasteiger charge is -2.25. The van der Waals surface area contributed by atoms with Crippen LogP contribution in [0.2, 0.25) is 6.04 Å². The van der Waals surface area contributed by atoms with E-state index in [0.717, 1.165) is 0 Å². The average molecular weight is 386 g/mol. The molecule has 0 heterocycles. The van der Waals surface area contributed by atoms with E-state index in [1.165, 1.54) is 14.2 Å². The quantitative estimate of drug-likeness (QED) is 0.181. The fourth-order valence-electron chi connectivity index (χ4n) is 2.56. The third-order valence-corrected chi connectivity index (χ3v) is 6.89. The fourth-order valence-corrected chi connectivity index (χ4v) is 4.64. The first-order chi connectivity index (χ1) is 11.8. The van der Waals surface area contributed by atoms with Crippen molar-refractivity contribution in [3.8, 4) is 0 Å². The summed E-state index contributed by atoms with van der Waals surface area (Å²) in [4.78, 5) is 0. The third kappa shape index (κ3) is 5.47. The molecule has 1 aromatic carbocycles. The zero-order valence-corrected chi connectivity index (χ0v) is 15.6. The minimum absolute atomic E-state index is 0.214. The Labute approximate surface area is 145 Å². The molecule has 1 aromatic rings. The Morgan fingerprint density at radius 3 is 1.68 bits per heavy atom. The van der Waals surface area contributed by atoms with Crippen molar-refractivity contribution in [3.63, 3.8) is 0 Å². The topological polar surface area (TPSA) is 27.7 Å². The van der Waals surface area contributed by atoms with E-state index in [-0.39, 0.29) is 6.42 Å². The highest BCUT2D eigenvalue weighted by Gasteiger charge is 2.37. The van der Waals surface area contributed by atoms with Gasteiger partial charge in [-0.25, -0.2) is 22.0 Å². The maximum absolute atomic E-state index is 13.5. The first kappa shape index (κ1) is 22.0. The molecule has 0 radical (unpaired) electrons. The van der Waals surface area contributed by atoms with Gasteiger partial charge in [-0.1, -0.05) is 12.8 Å². The summed E-state index contributed by atoms with van der Waals surface area (Å²) in [6, 6.07) is 0.594. The van der Waals surface area contributed by atoms with Crippen LogP contribution in [0.4, 0.5) is 22.0 Å². The van der Waals surface area contributed by atoms with Gasteiger partial charge in [0.1, 0.15) is 0 Å². The van der Waals surface area contributed by atoms with Gasteiger partial charge in [0.2, 0.25) is 5.82 Å². The minimum atomic E-state index is -2.67. The monoisotopic (exact) mass is 386 g/mol. The van der Waals surface area contributed by atoms with E-state index in [4.69, 9.17) is 13.3 Å². The van der Waals surface area contributed by atoms with Gasteiger partial charge in [0.05, 0.1) is 0 Å². The Morgan fingerprint density at radius 1 is 0.720 bits per heavy atom. The molecule has 0 atom stereocenters. The summed E-state index contributed by atoms with van der Waals surface area (Å²) in [5.41, 5.74) is -0.761. The van der Waals surface area contributed by atoms with Crippen molar-refractivity contribution < 1.29 is 35.2 Å². The molecule has 0 N–H and O–H groups in total. The predicted octanol–water partition coefficient (Wildman–Crippen LogP) is 4.75. The van der Waals surface area contributed by atoms with Crippen LogP contribution >= 0.6 is 0 Å². The summed E-state index contributed by atoms with van der Waals surface area (Å²) >= 11 is 0. The lowest BCUT2D eigenvalue weighted by molar-refractivity contribution is 0.103. The van der Waals surface area contributed by atoms with E-state index in [0.29, 0.717) is 38.3 Å². The van der Waals surface area contributed by atoms with Gasteiger partial charge in [0.15, 0.2) is 23.3 Å². The van der Waals surface area contributed by atoms with E-state index < -0.39 is 43.5 Å². The molecule has 3 nitrogen and oxygen atoms in total. The van der Waals surface area contributed by atoms with Gasteiger partial charge in [-0.3, -0.25) is 0 Å². The van der Waals surface area contributed by atoms with Crippen LogP contribution in [0.15, 0.2) is 0 Å². The van der Waals surface area contributed by atoms with Crippen LogP contribution in [-0.4, -0.2) is 29.6 Å². The van der Waals surface area contributed by atoms with Crippen molar-refractivity contribution in [2.45, 2.75) is 45.1 Å². The Hall–Kier alpha value is -1.03. The van der Waals surface area contributed by atoms with Crippen molar-refractivity contribution >= 4 is 8.80 Å². The first-order valence-electron chi connectivity index (χ1n) is 8.08. The third-order valence-electron chi connectivity index (χ3n) is 3.95. The first-order valence-corrected chi connectivity index (χ1v) is 10.0. The summed E-state index contributed by atoms with van der Waals surface area (Å²) in [5.74, 6) is -9.44. The molecule has 0 saturated heterocycles. The predicted molar refractivity (Wildman–Crippen MR) is 84.6 cm³/mol.